The number of hydrogen-bond acceptors (Lipinski definition) is 6. The summed E-state index contributed by atoms with van der Waals surface area (Å²) in [5, 5.41) is 13.2. The summed E-state index contributed by atoms with van der Waals surface area (Å²) in [5.74, 6) is -2.28. The Bertz CT molecular complexity index is 1440. The van der Waals surface area contributed by atoms with Gasteiger partial charge in [0.05, 0.1) is 20.7 Å². The van der Waals surface area contributed by atoms with E-state index in [1.165, 1.54) is 54.6 Å². The van der Waals surface area contributed by atoms with Crippen LogP contribution in [0.4, 0.5) is 20.6 Å². The molecule has 1 saturated heterocycles. The van der Waals surface area contributed by atoms with Crippen molar-refractivity contribution in [1.29, 1.82) is 0 Å². The lowest BCUT2D eigenvalue weighted by Crippen LogP contribution is -2.54. The summed E-state index contributed by atoms with van der Waals surface area (Å²) < 4.78 is 19.0. The smallest absolute Gasteiger partial charge is 0.335 e. The van der Waals surface area contributed by atoms with Crippen LogP contribution < -0.4 is 15.0 Å². The molecule has 1 N–H and O–H groups in total. The Morgan fingerprint density at radius 2 is 1.72 bits per heavy atom. The first-order valence-corrected chi connectivity index (χ1v) is 10.9. The molecule has 1 fully saturated rings. The number of halogens is 3. The second-order valence-electron chi connectivity index (χ2n) is 7.47. The standard InChI is InChI=1S/C24H14Cl2FN3O6/c25-19-9-14(10-20(26)21(19)36-12-13-3-1-4-15(27)7-13)8-18-22(31)28-24(33)29(23(18)32)16-5-2-6-17(11-16)30(34)35/h1-11H,12H2,(H,28,31,33)/b18-8+. The van der Waals surface area contributed by atoms with Gasteiger partial charge in [0.25, 0.3) is 17.5 Å². The maximum atomic E-state index is 13.4. The van der Waals surface area contributed by atoms with E-state index in [1.54, 1.807) is 6.07 Å². The Kier molecular flexibility index (Phi) is 7.00. The number of nitrogens with zero attached hydrogens (tertiary/aromatic N) is 2. The van der Waals surface area contributed by atoms with Crippen LogP contribution in [0.5, 0.6) is 5.75 Å². The fourth-order valence-electron chi connectivity index (χ4n) is 3.39. The van der Waals surface area contributed by atoms with Crippen molar-refractivity contribution in [1.82, 2.24) is 5.32 Å². The highest BCUT2D eigenvalue weighted by molar-refractivity contribution is 6.40. The summed E-state index contributed by atoms with van der Waals surface area (Å²) in [5.41, 5.74) is -0.0782. The third-order valence-corrected chi connectivity index (χ3v) is 5.57. The fourth-order valence-corrected chi connectivity index (χ4v) is 4.00. The van der Waals surface area contributed by atoms with Crippen LogP contribution in [0, 0.1) is 15.9 Å². The number of carbonyl (C=O) groups excluding carboxylic acids is 3. The Morgan fingerprint density at radius 3 is 2.39 bits per heavy atom. The average Bonchev–Trinajstić information content (AvgIpc) is 2.81. The van der Waals surface area contributed by atoms with Crippen molar-refractivity contribution in [2.45, 2.75) is 6.61 Å². The average molecular weight is 530 g/mol. The van der Waals surface area contributed by atoms with Gasteiger partial charge < -0.3 is 4.74 Å². The second-order valence-corrected chi connectivity index (χ2v) is 8.28. The molecule has 3 aromatic rings. The van der Waals surface area contributed by atoms with E-state index in [2.05, 4.69) is 0 Å². The molecule has 36 heavy (non-hydrogen) atoms. The zero-order valence-electron chi connectivity index (χ0n) is 18.0. The van der Waals surface area contributed by atoms with Gasteiger partial charge in [0.2, 0.25) is 0 Å². The van der Waals surface area contributed by atoms with Crippen LogP contribution in [0.3, 0.4) is 0 Å². The molecular weight excluding hydrogens is 516 g/mol. The summed E-state index contributed by atoms with van der Waals surface area (Å²) in [7, 11) is 0. The molecule has 0 saturated carbocycles. The number of non-ortho nitro benzene ring substituents is 1. The van der Waals surface area contributed by atoms with Gasteiger partial charge in [0, 0.05) is 12.1 Å². The van der Waals surface area contributed by atoms with E-state index in [0.717, 1.165) is 6.07 Å². The molecule has 0 bridgehead atoms. The lowest BCUT2D eigenvalue weighted by Gasteiger charge is -2.26. The molecule has 0 aromatic heterocycles. The maximum Gasteiger partial charge on any atom is 0.335 e. The van der Waals surface area contributed by atoms with Crippen molar-refractivity contribution in [3.8, 4) is 5.75 Å². The van der Waals surface area contributed by atoms with Crippen molar-refractivity contribution in [2.24, 2.45) is 0 Å². The van der Waals surface area contributed by atoms with Crippen LogP contribution in [0.25, 0.3) is 6.08 Å². The molecule has 1 aliphatic rings. The SMILES string of the molecule is O=C1NC(=O)N(c2cccc([N+](=O)[O-])c2)C(=O)/C1=C/c1cc(Cl)c(OCc2cccc(F)c2)c(Cl)c1. The molecule has 1 heterocycles. The van der Waals surface area contributed by atoms with Crippen LogP contribution in [-0.2, 0) is 16.2 Å². The Morgan fingerprint density at radius 1 is 1.03 bits per heavy atom. The molecule has 12 heteroatoms. The molecule has 182 valence electrons. The van der Waals surface area contributed by atoms with Crippen molar-refractivity contribution in [3.05, 3.63) is 103 Å². The number of ether oxygens (including phenoxy) is 1. The molecule has 9 nitrogen and oxygen atoms in total. The number of benzene rings is 3. The van der Waals surface area contributed by atoms with Crippen LogP contribution >= 0.6 is 23.2 Å². The minimum atomic E-state index is -1.06. The predicted octanol–water partition coefficient (Wildman–Crippen LogP) is 5.29. The molecule has 4 rings (SSSR count). The molecule has 0 unspecified atom stereocenters. The zero-order valence-corrected chi connectivity index (χ0v) is 19.5. The third kappa shape index (κ3) is 5.19. The van der Waals surface area contributed by atoms with Crippen molar-refractivity contribution < 1.29 is 28.4 Å². The van der Waals surface area contributed by atoms with E-state index in [9.17, 15) is 28.9 Å². The van der Waals surface area contributed by atoms with Crippen molar-refractivity contribution in [2.75, 3.05) is 4.90 Å². The number of rotatable bonds is 6. The molecule has 3 aromatic carbocycles. The lowest BCUT2D eigenvalue weighted by molar-refractivity contribution is -0.384. The van der Waals surface area contributed by atoms with E-state index in [4.69, 9.17) is 27.9 Å². The van der Waals surface area contributed by atoms with E-state index >= 15 is 0 Å². The van der Waals surface area contributed by atoms with Gasteiger partial charge in [-0.15, -0.1) is 0 Å². The Balaban J connectivity index is 1.62. The molecular formula is C24H14Cl2FN3O6. The molecule has 0 aliphatic carbocycles. The van der Waals surface area contributed by atoms with E-state index in [0.29, 0.717) is 10.5 Å². The number of amides is 4. The lowest BCUT2D eigenvalue weighted by atomic mass is 10.1. The third-order valence-electron chi connectivity index (χ3n) is 5.00. The summed E-state index contributed by atoms with van der Waals surface area (Å²) in [6.07, 6.45) is 1.17. The minimum absolute atomic E-state index is 0.0151. The first-order chi connectivity index (χ1) is 17.1. The van der Waals surface area contributed by atoms with Gasteiger partial charge in [-0.3, -0.25) is 25.0 Å². The van der Waals surface area contributed by atoms with Crippen LogP contribution in [0.2, 0.25) is 10.0 Å². The molecule has 0 atom stereocenters. The van der Waals surface area contributed by atoms with Gasteiger partial charge >= 0.3 is 6.03 Å². The number of carbonyl (C=O) groups is 3. The second kappa shape index (κ2) is 10.1. The highest BCUT2D eigenvalue weighted by Gasteiger charge is 2.37. The number of anilines is 1. The number of nitrogens with one attached hydrogen (secondary N) is 1. The highest BCUT2D eigenvalue weighted by Crippen LogP contribution is 2.36. The van der Waals surface area contributed by atoms with E-state index in [-0.39, 0.29) is 39.3 Å². The fraction of sp³-hybridized carbons (Fsp3) is 0.0417. The predicted molar refractivity (Wildman–Crippen MR) is 129 cm³/mol. The molecule has 0 spiro atoms. The summed E-state index contributed by atoms with van der Waals surface area (Å²) >= 11 is 12.6. The minimum Gasteiger partial charge on any atom is -0.486 e. The zero-order chi connectivity index (χ0) is 26.0. The molecule has 1 aliphatic heterocycles. The number of barbiturate groups is 1. The number of hydrogen-bond donors (Lipinski definition) is 1. The number of nitro groups is 1. The Labute approximate surface area is 212 Å². The summed E-state index contributed by atoms with van der Waals surface area (Å²) in [6, 6.07) is 12.3. The van der Waals surface area contributed by atoms with Crippen molar-refractivity contribution in [3.63, 3.8) is 0 Å². The summed E-state index contributed by atoms with van der Waals surface area (Å²) in [4.78, 5) is 48.8. The van der Waals surface area contributed by atoms with Gasteiger partial charge in [-0.2, -0.15) is 0 Å². The Hall–Kier alpha value is -4.28. The topological polar surface area (TPSA) is 119 Å². The van der Waals surface area contributed by atoms with Gasteiger partial charge in [-0.1, -0.05) is 41.4 Å². The first-order valence-electron chi connectivity index (χ1n) is 10.2. The van der Waals surface area contributed by atoms with Gasteiger partial charge in [-0.25, -0.2) is 14.1 Å². The van der Waals surface area contributed by atoms with Crippen LogP contribution in [-0.4, -0.2) is 22.8 Å². The first kappa shape index (κ1) is 24.8. The number of nitro benzene ring substituents is 1. The van der Waals surface area contributed by atoms with E-state index in [1.807, 2.05) is 5.32 Å². The largest absolute Gasteiger partial charge is 0.486 e. The monoisotopic (exact) mass is 529 g/mol. The van der Waals surface area contributed by atoms with Crippen LogP contribution in [0.15, 0.2) is 66.2 Å². The number of imide groups is 2. The molecule has 4 amide bonds. The summed E-state index contributed by atoms with van der Waals surface area (Å²) in [6.45, 7) is -0.0151. The van der Waals surface area contributed by atoms with Crippen molar-refractivity contribution >= 4 is 58.5 Å². The number of urea groups is 1. The van der Waals surface area contributed by atoms with Gasteiger partial charge in [-0.05, 0) is 47.5 Å². The maximum absolute atomic E-state index is 13.4. The normalized spacial score (nSPS) is 14.7. The quantitative estimate of drug-likeness (QED) is 0.200. The highest BCUT2D eigenvalue weighted by atomic mass is 35.5. The van der Waals surface area contributed by atoms with E-state index < -0.39 is 34.2 Å². The molecule has 0 radical (unpaired) electrons. The van der Waals surface area contributed by atoms with Gasteiger partial charge in [0.1, 0.15) is 18.0 Å². The van der Waals surface area contributed by atoms with Gasteiger partial charge in [0.15, 0.2) is 5.75 Å². The van der Waals surface area contributed by atoms with Crippen LogP contribution in [0.1, 0.15) is 11.1 Å².